The molecule has 2 bridgehead atoms. The van der Waals surface area contributed by atoms with Crippen LogP contribution in [-0.4, -0.2) is 18.7 Å². The van der Waals surface area contributed by atoms with Gasteiger partial charge >= 0.3 is 6.09 Å². The lowest BCUT2D eigenvalue weighted by Gasteiger charge is -2.45. The molecule has 22 heavy (non-hydrogen) atoms. The highest BCUT2D eigenvalue weighted by Crippen LogP contribution is 2.52. The van der Waals surface area contributed by atoms with E-state index in [-0.39, 0.29) is 18.1 Å². The first-order chi connectivity index (χ1) is 10.8. The largest absolute Gasteiger partial charge is 0.450 e. The number of hydrogen-bond donors (Lipinski definition) is 1. The van der Waals surface area contributed by atoms with Gasteiger partial charge in [-0.3, -0.25) is 0 Å². The van der Waals surface area contributed by atoms with Gasteiger partial charge in [0.2, 0.25) is 0 Å². The molecule has 0 saturated heterocycles. The Balaban J connectivity index is 1.77. The Morgan fingerprint density at radius 1 is 1.05 bits per heavy atom. The first-order valence-corrected chi connectivity index (χ1v) is 7.90. The second-order valence-electron chi connectivity index (χ2n) is 6.00. The van der Waals surface area contributed by atoms with E-state index in [4.69, 9.17) is 4.74 Å². The molecule has 1 N–H and O–H groups in total. The Labute approximate surface area is 130 Å². The van der Waals surface area contributed by atoms with E-state index in [9.17, 15) is 4.79 Å². The number of alkyl carbamates (subject to hydrolysis) is 1. The molecule has 1 amide bonds. The molecule has 0 aliphatic heterocycles. The fourth-order valence-electron chi connectivity index (χ4n) is 4.10. The third kappa shape index (κ3) is 1.92. The van der Waals surface area contributed by atoms with Crippen molar-refractivity contribution in [3.63, 3.8) is 0 Å². The van der Waals surface area contributed by atoms with Gasteiger partial charge in [-0.2, -0.15) is 0 Å². The van der Waals surface area contributed by atoms with Crippen molar-refractivity contribution in [2.75, 3.05) is 6.61 Å². The fourth-order valence-corrected chi connectivity index (χ4v) is 4.10. The Bertz CT molecular complexity index is 677. The van der Waals surface area contributed by atoms with Gasteiger partial charge in [0.15, 0.2) is 0 Å². The number of carbonyl (C=O) groups is 1. The van der Waals surface area contributed by atoms with Crippen LogP contribution in [-0.2, 0) is 4.74 Å². The van der Waals surface area contributed by atoms with Crippen LogP contribution in [0.2, 0.25) is 0 Å². The van der Waals surface area contributed by atoms with Gasteiger partial charge < -0.3 is 10.1 Å². The van der Waals surface area contributed by atoms with E-state index in [1.165, 1.54) is 22.3 Å². The lowest BCUT2D eigenvalue weighted by Crippen LogP contribution is -2.46. The zero-order valence-corrected chi connectivity index (χ0v) is 12.6. The summed E-state index contributed by atoms with van der Waals surface area (Å²) in [7, 11) is 0. The van der Waals surface area contributed by atoms with Crippen LogP contribution in [0.15, 0.2) is 48.5 Å². The van der Waals surface area contributed by atoms with Crippen LogP contribution < -0.4 is 5.32 Å². The van der Waals surface area contributed by atoms with Crippen molar-refractivity contribution in [1.82, 2.24) is 5.32 Å². The van der Waals surface area contributed by atoms with Crippen molar-refractivity contribution in [3.8, 4) is 0 Å². The minimum absolute atomic E-state index is 0.105. The van der Waals surface area contributed by atoms with Crippen molar-refractivity contribution in [2.24, 2.45) is 0 Å². The number of nitrogens with one attached hydrogen (secondary N) is 1. The Morgan fingerprint density at radius 3 is 2.14 bits per heavy atom. The van der Waals surface area contributed by atoms with E-state index in [2.05, 4.69) is 53.8 Å². The number of amides is 1. The summed E-state index contributed by atoms with van der Waals surface area (Å²) in [5, 5.41) is 3.07. The van der Waals surface area contributed by atoms with Gasteiger partial charge in [0.05, 0.1) is 6.61 Å². The molecule has 1 atom stereocenters. The quantitative estimate of drug-likeness (QED) is 0.915. The van der Waals surface area contributed by atoms with E-state index in [0.29, 0.717) is 12.5 Å². The summed E-state index contributed by atoms with van der Waals surface area (Å²) in [6, 6.07) is 17.3. The summed E-state index contributed by atoms with van der Waals surface area (Å²) < 4.78 is 5.08. The second-order valence-corrected chi connectivity index (χ2v) is 6.00. The van der Waals surface area contributed by atoms with Crippen LogP contribution in [0.4, 0.5) is 4.79 Å². The van der Waals surface area contributed by atoms with Crippen LogP contribution in [0.1, 0.15) is 47.4 Å². The second kappa shape index (κ2) is 5.16. The highest BCUT2D eigenvalue weighted by molar-refractivity contribution is 5.69. The molecule has 2 aromatic carbocycles. The van der Waals surface area contributed by atoms with Crippen molar-refractivity contribution in [2.45, 2.75) is 31.2 Å². The summed E-state index contributed by atoms with van der Waals surface area (Å²) in [6.07, 6.45) is 0.632. The predicted octanol–water partition coefficient (Wildman–Crippen LogP) is 3.78. The van der Waals surface area contributed by atoms with E-state index in [0.717, 1.165) is 6.42 Å². The SMILES string of the molecule is CCOC(=O)N[C@@H]1CC2c3ccccc3C1c1ccccc12. The standard InChI is InChI=1S/C19H19NO2/c1-2-22-19(21)20-17-11-16-12-7-3-5-9-14(12)18(17)15-10-6-4-8-13(15)16/h3-10,16-18H,2,11H2,1H3,(H,20,21)/t16?,17-,18?/m1/s1. The van der Waals surface area contributed by atoms with Crippen LogP contribution >= 0.6 is 0 Å². The van der Waals surface area contributed by atoms with Gasteiger partial charge in [-0.25, -0.2) is 4.79 Å². The summed E-state index contributed by atoms with van der Waals surface area (Å²) in [6.45, 7) is 2.23. The maximum atomic E-state index is 11.9. The van der Waals surface area contributed by atoms with E-state index >= 15 is 0 Å². The third-order valence-electron chi connectivity index (χ3n) is 4.88. The maximum absolute atomic E-state index is 11.9. The summed E-state index contributed by atoms with van der Waals surface area (Å²) >= 11 is 0. The van der Waals surface area contributed by atoms with Gasteiger partial charge in [0, 0.05) is 17.9 Å². The molecule has 5 rings (SSSR count). The number of fused-ring (bicyclic) bond motifs is 1. The Hall–Kier alpha value is -2.29. The predicted molar refractivity (Wildman–Crippen MR) is 85.1 cm³/mol. The first kappa shape index (κ1) is 13.4. The highest BCUT2D eigenvalue weighted by atomic mass is 16.5. The average molecular weight is 293 g/mol. The van der Waals surface area contributed by atoms with E-state index < -0.39 is 0 Å². The molecule has 3 aliphatic carbocycles. The molecule has 0 saturated carbocycles. The molecule has 3 heteroatoms. The molecule has 3 aliphatic rings. The van der Waals surface area contributed by atoms with Crippen molar-refractivity contribution >= 4 is 6.09 Å². The molecule has 0 unspecified atom stereocenters. The minimum atomic E-state index is -0.310. The highest BCUT2D eigenvalue weighted by Gasteiger charge is 2.43. The van der Waals surface area contributed by atoms with Crippen LogP contribution in [0.3, 0.4) is 0 Å². The fraction of sp³-hybridized carbons (Fsp3) is 0.316. The Kier molecular flexibility index (Phi) is 3.14. The normalized spacial score (nSPS) is 24.3. The number of carbonyl (C=O) groups excluding carboxylic acids is 1. The van der Waals surface area contributed by atoms with E-state index in [1.807, 2.05) is 6.92 Å². The number of hydrogen-bond acceptors (Lipinski definition) is 2. The summed E-state index contributed by atoms with van der Waals surface area (Å²) in [5.74, 6) is 0.589. The third-order valence-corrected chi connectivity index (χ3v) is 4.88. The Morgan fingerprint density at radius 2 is 1.59 bits per heavy atom. The zero-order valence-electron chi connectivity index (χ0n) is 12.6. The van der Waals surface area contributed by atoms with Gasteiger partial charge in [0.1, 0.15) is 0 Å². The van der Waals surface area contributed by atoms with Crippen molar-refractivity contribution in [3.05, 3.63) is 70.8 Å². The zero-order chi connectivity index (χ0) is 15.1. The molecular formula is C19H19NO2. The topological polar surface area (TPSA) is 38.3 Å². The number of benzene rings is 2. The molecule has 0 heterocycles. The lowest BCUT2D eigenvalue weighted by molar-refractivity contribution is 0.144. The van der Waals surface area contributed by atoms with Crippen LogP contribution in [0, 0.1) is 0 Å². The first-order valence-electron chi connectivity index (χ1n) is 7.90. The summed E-state index contributed by atoms with van der Waals surface area (Å²) in [5.41, 5.74) is 5.51. The molecular weight excluding hydrogens is 274 g/mol. The lowest BCUT2D eigenvalue weighted by atomic mass is 9.61. The average Bonchev–Trinajstić information content (AvgIpc) is 2.55. The summed E-state index contributed by atoms with van der Waals surface area (Å²) in [4.78, 5) is 11.9. The van der Waals surface area contributed by atoms with Gasteiger partial charge in [-0.1, -0.05) is 48.5 Å². The van der Waals surface area contributed by atoms with Crippen molar-refractivity contribution in [1.29, 1.82) is 0 Å². The van der Waals surface area contributed by atoms with Gasteiger partial charge in [-0.05, 0) is 35.6 Å². The molecule has 3 nitrogen and oxygen atoms in total. The van der Waals surface area contributed by atoms with E-state index in [1.54, 1.807) is 0 Å². The smallest absolute Gasteiger partial charge is 0.407 e. The number of rotatable bonds is 2. The monoisotopic (exact) mass is 293 g/mol. The minimum Gasteiger partial charge on any atom is -0.450 e. The molecule has 0 fully saturated rings. The molecule has 0 aromatic heterocycles. The van der Waals surface area contributed by atoms with Gasteiger partial charge in [0.25, 0.3) is 0 Å². The molecule has 2 aromatic rings. The van der Waals surface area contributed by atoms with Gasteiger partial charge in [-0.15, -0.1) is 0 Å². The molecule has 112 valence electrons. The van der Waals surface area contributed by atoms with Crippen LogP contribution in [0.5, 0.6) is 0 Å². The van der Waals surface area contributed by atoms with Crippen LogP contribution in [0.25, 0.3) is 0 Å². The molecule has 0 spiro atoms. The van der Waals surface area contributed by atoms with Crippen molar-refractivity contribution < 1.29 is 9.53 Å². The molecule has 0 radical (unpaired) electrons. The number of ether oxygens (including phenoxy) is 1. The maximum Gasteiger partial charge on any atom is 0.407 e.